The molecule has 0 aliphatic carbocycles. The Morgan fingerprint density at radius 1 is 1.43 bits per heavy atom. The van der Waals surface area contributed by atoms with Gasteiger partial charge in [-0.15, -0.1) is 0 Å². The van der Waals surface area contributed by atoms with Crippen LogP contribution in [0.25, 0.3) is 0 Å². The number of hydrogen-bond acceptors (Lipinski definition) is 4. The molecule has 2 N–H and O–H groups in total. The van der Waals surface area contributed by atoms with Gasteiger partial charge in [-0.25, -0.2) is 17.6 Å². The Balaban J connectivity index is 2.95. The van der Waals surface area contributed by atoms with Crippen molar-refractivity contribution < 1.29 is 27.5 Å². The van der Waals surface area contributed by atoms with Crippen LogP contribution in [0.15, 0.2) is 18.2 Å². The third kappa shape index (κ3) is 4.98. The number of benzene rings is 1. The largest absolute Gasteiger partial charge is 0.479 e. The van der Waals surface area contributed by atoms with Crippen molar-refractivity contribution in [1.29, 1.82) is 0 Å². The maximum Gasteiger partial charge on any atom is 0.330 e. The van der Waals surface area contributed by atoms with Gasteiger partial charge < -0.3 is 10.4 Å². The second-order valence-corrected chi connectivity index (χ2v) is 6.95. The highest BCUT2D eigenvalue weighted by Gasteiger charge is 2.25. The lowest BCUT2D eigenvalue weighted by Crippen LogP contribution is -2.37. The Morgan fingerprint density at radius 2 is 2.05 bits per heavy atom. The lowest BCUT2D eigenvalue weighted by Gasteiger charge is -2.15. The average molecular weight is 338 g/mol. The first-order chi connectivity index (χ1) is 9.66. The number of carbonyl (C=O) groups is 2. The van der Waals surface area contributed by atoms with Gasteiger partial charge in [-0.05, 0) is 17.7 Å². The monoisotopic (exact) mass is 337 g/mol. The van der Waals surface area contributed by atoms with E-state index >= 15 is 0 Å². The first-order valence-corrected chi connectivity index (χ1v) is 8.03. The van der Waals surface area contributed by atoms with Crippen LogP contribution >= 0.6 is 11.6 Å². The molecule has 1 atom stereocenters. The first-order valence-electron chi connectivity index (χ1n) is 5.84. The Labute approximate surface area is 125 Å². The summed E-state index contributed by atoms with van der Waals surface area (Å²) in [7, 11) is -3.59. The first kappa shape index (κ1) is 17.4. The molecule has 1 rings (SSSR count). The minimum absolute atomic E-state index is 0.0494. The average Bonchev–Trinajstić information content (AvgIpc) is 2.38. The molecule has 6 nitrogen and oxygen atoms in total. The van der Waals surface area contributed by atoms with Crippen LogP contribution in [0.5, 0.6) is 0 Å². The zero-order chi connectivity index (χ0) is 16.2. The van der Waals surface area contributed by atoms with E-state index in [1.165, 1.54) is 13.0 Å². The summed E-state index contributed by atoms with van der Waals surface area (Å²) < 4.78 is 36.0. The van der Waals surface area contributed by atoms with E-state index in [0.29, 0.717) is 0 Å². The third-order valence-electron chi connectivity index (χ3n) is 2.62. The lowest BCUT2D eigenvalue weighted by molar-refractivity contribution is -0.141. The number of carbonyl (C=O) groups excluding carboxylic acids is 1. The molecule has 0 saturated carbocycles. The van der Waals surface area contributed by atoms with Gasteiger partial charge in [0.1, 0.15) is 11.6 Å². The van der Waals surface area contributed by atoms with E-state index in [9.17, 15) is 22.4 Å². The van der Waals surface area contributed by atoms with Gasteiger partial charge in [0.25, 0.3) is 0 Å². The molecule has 0 radical (unpaired) electrons. The summed E-state index contributed by atoms with van der Waals surface area (Å²) in [5.74, 6) is -4.33. The van der Waals surface area contributed by atoms with Gasteiger partial charge in [0.15, 0.2) is 15.9 Å². The van der Waals surface area contributed by atoms with Crippen LogP contribution in [0.2, 0.25) is 5.02 Å². The molecular weight excluding hydrogens is 325 g/mol. The van der Waals surface area contributed by atoms with E-state index in [1.54, 1.807) is 0 Å². The van der Waals surface area contributed by atoms with Crippen molar-refractivity contribution in [3.8, 4) is 0 Å². The maximum absolute atomic E-state index is 13.3. The quantitative estimate of drug-likeness (QED) is 0.811. The predicted molar refractivity (Wildman–Crippen MR) is 74.3 cm³/mol. The highest BCUT2D eigenvalue weighted by Crippen LogP contribution is 2.20. The van der Waals surface area contributed by atoms with Crippen LogP contribution in [0.3, 0.4) is 0 Å². The lowest BCUT2D eigenvalue weighted by atomic mass is 10.1. The topological polar surface area (TPSA) is 101 Å². The molecular formula is C12H13ClFNO5S. The van der Waals surface area contributed by atoms with E-state index < -0.39 is 39.3 Å². The van der Waals surface area contributed by atoms with Gasteiger partial charge in [-0.1, -0.05) is 24.6 Å². The zero-order valence-electron chi connectivity index (χ0n) is 11.0. The van der Waals surface area contributed by atoms with Crippen molar-refractivity contribution in [3.05, 3.63) is 34.6 Å². The van der Waals surface area contributed by atoms with Gasteiger partial charge in [0.05, 0.1) is 5.02 Å². The van der Waals surface area contributed by atoms with E-state index in [1.807, 2.05) is 5.32 Å². The van der Waals surface area contributed by atoms with Crippen molar-refractivity contribution >= 4 is 33.3 Å². The second kappa shape index (κ2) is 6.86. The smallest absolute Gasteiger partial charge is 0.330 e. The fraction of sp³-hybridized carbons (Fsp3) is 0.333. The van der Waals surface area contributed by atoms with Crippen LogP contribution in [0, 0.1) is 5.82 Å². The molecule has 9 heteroatoms. The van der Waals surface area contributed by atoms with Crippen LogP contribution in [0.4, 0.5) is 4.39 Å². The molecule has 1 unspecified atom stereocenters. The Hall–Kier alpha value is -1.67. The minimum atomic E-state index is -3.59. The summed E-state index contributed by atoms with van der Waals surface area (Å²) >= 11 is 5.49. The molecule has 116 valence electrons. The minimum Gasteiger partial charge on any atom is -0.479 e. The molecule has 0 aromatic heterocycles. The molecule has 1 aromatic rings. The highest BCUT2D eigenvalue weighted by atomic mass is 35.5. The number of carboxylic acid groups (broad SMARTS) is 1. The second-order valence-electron chi connectivity index (χ2n) is 4.19. The molecule has 21 heavy (non-hydrogen) atoms. The molecule has 0 fully saturated rings. The van der Waals surface area contributed by atoms with Crippen molar-refractivity contribution in [3.63, 3.8) is 0 Å². The van der Waals surface area contributed by atoms with Gasteiger partial charge in [-0.3, -0.25) is 4.79 Å². The van der Waals surface area contributed by atoms with E-state index in [0.717, 1.165) is 12.1 Å². The Bertz CT molecular complexity index is 662. The number of hydrogen-bond donors (Lipinski definition) is 2. The SMILES string of the molecule is CCS(=O)(=O)CC(=O)NC(C(=O)O)c1ccc(Cl)c(F)c1. The van der Waals surface area contributed by atoms with Gasteiger partial charge in [-0.2, -0.15) is 0 Å². The third-order valence-corrected chi connectivity index (χ3v) is 4.51. The molecule has 0 heterocycles. The number of sulfone groups is 1. The number of halogens is 2. The van der Waals surface area contributed by atoms with Crippen molar-refractivity contribution in [2.45, 2.75) is 13.0 Å². The molecule has 0 aliphatic rings. The van der Waals surface area contributed by atoms with Crippen LogP contribution in [-0.4, -0.2) is 36.9 Å². The summed E-state index contributed by atoms with van der Waals surface area (Å²) in [5, 5.41) is 10.9. The molecule has 1 amide bonds. The summed E-state index contributed by atoms with van der Waals surface area (Å²) in [6.45, 7) is 1.37. The van der Waals surface area contributed by atoms with Gasteiger partial charge >= 0.3 is 5.97 Å². The van der Waals surface area contributed by atoms with Crippen LogP contribution < -0.4 is 5.32 Å². The van der Waals surface area contributed by atoms with E-state index in [4.69, 9.17) is 16.7 Å². The molecule has 0 bridgehead atoms. The van der Waals surface area contributed by atoms with E-state index in [-0.39, 0.29) is 16.3 Å². The fourth-order valence-electron chi connectivity index (χ4n) is 1.48. The Morgan fingerprint density at radius 3 is 2.52 bits per heavy atom. The molecule has 0 saturated heterocycles. The highest BCUT2D eigenvalue weighted by molar-refractivity contribution is 7.92. The van der Waals surface area contributed by atoms with E-state index in [2.05, 4.69) is 0 Å². The normalized spacial score (nSPS) is 12.7. The zero-order valence-corrected chi connectivity index (χ0v) is 12.5. The maximum atomic E-state index is 13.3. The van der Waals surface area contributed by atoms with Crippen LogP contribution in [-0.2, 0) is 19.4 Å². The standard InChI is InChI=1S/C12H13ClFNO5S/c1-2-21(19,20)6-10(16)15-11(12(17)18)7-3-4-8(13)9(14)5-7/h3-5,11H,2,6H2,1H3,(H,15,16)(H,17,18). The predicted octanol–water partition coefficient (Wildman–Crippen LogP) is 1.16. The van der Waals surface area contributed by atoms with Crippen molar-refractivity contribution in [1.82, 2.24) is 5.32 Å². The number of nitrogens with one attached hydrogen (secondary N) is 1. The van der Waals surface area contributed by atoms with Crippen molar-refractivity contribution in [2.75, 3.05) is 11.5 Å². The summed E-state index contributed by atoms with van der Waals surface area (Å²) in [6, 6.07) is 1.70. The summed E-state index contributed by atoms with van der Waals surface area (Å²) in [6.07, 6.45) is 0. The molecule has 0 spiro atoms. The number of rotatable bonds is 6. The van der Waals surface area contributed by atoms with Crippen molar-refractivity contribution in [2.24, 2.45) is 0 Å². The van der Waals surface area contributed by atoms with Crippen LogP contribution in [0.1, 0.15) is 18.5 Å². The summed E-state index contributed by atoms with van der Waals surface area (Å²) in [4.78, 5) is 22.7. The van der Waals surface area contributed by atoms with Gasteiger partial charge in [0, 0.05) is 5.75 Å². The molecule has 0 aliphatic heterocycles. The fourth-order valence-corrected chi connectivity index (χ4v) is 2.29. The number of carboxylic acids is 1. The Kier molecular flexibility index (Phi) is 5.68. The van der Waals surface area contributed by atoms with Gasteiger partial charge in [0.2, 0.25) is 5.91 Å². The number of aliphatic carboxylic acids is 1. The number of amides is 1. The molecule has 1 aromatic carbocycles. The summed E-state index contributed by atoms with van der Waals surface area (Å²) in [5.41, 5.74) is -0.0494.